The minimum absolute atomic E-state index is 0.0290. The van der Waals surface area contributed by atoms with Crippen molar-refractivity contribution in [2.75, 3.05) is 45.9 Å². The van der Waals surface area contributed by atoms with Gasteiger partial charge in [0.1, 0.15) is 0 Å². The smallest absolute Gasteiger partial charge is 0.253 e. The molecule has 33 heavy (non-hydrogen) atoms. The number of carbonyl (C=O) groups is 1. The van der Waals surface area contributed by atoms with E-state index >= 15 is 0 Å². The van der Waals surface area contributed by atoms with Gasteiger partial charge >= 0.3 is 0 Å². The SMILES string of the molecule is CCCCCCN(CCN1CCOCC1)C(=O)c1cccc(CS(=O)(=O)c2ccccc2)c1. The van der Waals surface area contributed by atoms with Gasteiger partial charge in [0.25, 0.3) is 5.91 Å². The van der Waals surface area contributed by atoms with Gasteiger partial charge in [0.05, 0.1) is 23.9 Å². The third-order valence-corrected chi connectivity index (χ3v) is 7.70. The molecule has 0 N–H and O–H groups in total. The third-order valence-electron chi connectivity index (χ3n) is 5.99. The van der Waals surface area contributed by atoms with E-state index in [4.69, 9.17) is 4.74 Å². The van der Waals surface area contributed by atoms with Crippen LogP contribution in [-0.2, 0) is 20.3 Å². The van der Waals surface area contributed by atoms with Crippen LogP contribution >= 0.6 is 0 Å². The molecule has 1 aliphatic heterocycles. The number of benzene rings is 2. The highest BCUT2D eigenvalue weighted by molar-refractivity contribution is 7.90. The molecule has 2 aromatic carbocycles. The zero-order valence-electron chi connectivity index (χ0n) is 19.6. The van der Waals surface area contributed by atoms with Crippen molar-refractivity contribution < 1.29 is 17.9 Å². The molecule has 0 spiro atoms. The molecular weight excluding hydrogens is 436 g/mol. The van der Waals surface area contributed by atoms with Crippen molar-refractivity contribution in [3.8, 4) is 0 Å². The average Bonchev–Trinajstić information content (AvgIpc) is 2.84. The number of carbonyl (C=O) groups excluding carboxylic acids is 1. The van der Waals surface area contributed by atoms with Gasteiger partial charge in [-0.2, -0.15) is 0 Å². The molecule has 0 radical (unpaired) electrons. The number of hydrogen-bond donors (Lipinski definition) is 0. The Balaban J connectivity index is 1.69. The summed E-state index contributed by atoms with van der Waals surface area (Å²) in [6.07, 6.45) is 4.40. The number of hydrogen-bond acceptors (Lipinski definition) is 5. The second kappa shape index (κ2) is 12.9. The van der Waals surface area contributed by atoms with Gasteiger partial charge in [-0.15, -0.1) is 0 Å². The van der Waals surface area contributed by atoms with E-state index in [1.54, 1.807) is 54.6 Å². The number of rotatable bonds is 12. The van der Waals surface area contributed by atoms with Crippen LogP contribution in [0.15, 0.2) is 59.5 Å². The molecular formula is C26H36N2O4S. The van der Waals surface area contributed by atoms with Crippen molar-refractivity contribution in [1.29, 1.82) is 0 Å². The Morgan fingerprint density at radius 1 is 0.970 bits per heavy atom. The Hall–Kier alpha value is -2.22. The molecule has 0 atom stereocenters. The Labute approximate surface area is 198 Å². The van der Waals surface area contributed by atoms with Crippen molar-refractivity contribution in [2.45, 2.75) is 43.3 Å². The Bertz CT molecular complexity index is 973. The zero-order valence-corrected chi connectivity index (χ0v) is 20.4. The molecule has 0 aliphatic carbocycles. The summed E-state index contributed by atoms with van der Waals surface area (Å²) in [7, 11) is -3.46. The topological polar surface area (TPSA) is 66.9 Å². The Morgan fingerprint density at radius 3 is 2.45 bits per heavy atom. The second-order valence-corrected chi connectivity index (χ2v) is 10.6. The van der Waals surface area contributed by atoms with E-state index < -0.39 is 9.84 Å². The lowest BCUT2D eigenvalue weighted by atomic mass is 10.1. The lowest BCUT2D eigenvalue weighted by molar-refractivity contribution is 0.0324. The molecule has 7 heteroatoms. The van der Waals surface area contributed by atoms with E-state index in [2.05, 4.69) is 11.8 Å². The quantitative estimate of drug-likeness (QED) is 0.437. The molecule has 0 aromatic heterocycles. The predicted octanol–water partition coefficient (Wildman–Crippen LogP) is 4.02. The average molecular weight is 473 g/mol. The molecule has 1 aliphatic rings. The zero-order chi connectivity index (χ0) is 23.5. The molecule has 2 aromatic rings. The molecule has 180 valence electrons. The van der Waals surface area contributed by atoms with Crippen LogP contribution in [0.25, 0.3) is 0 Å². The fourth-order valence-electron chi connectivity index (χ4n) is 4.04. The van der Waals surface area contributed by atoms with Crippen molar-refractivity contribution >= 4 is 15.7 Å². The van der Waals surface area contributed by atoms with Crippen molar-refractivity contribution in [2.24, 2.45) is 0 Å². The maximum Gasteiger partial charge on any atom is 0.253 e. The van der Waals surface area contributed by atoms with E-state index in [0.29, 0.717) is 22.6 Å². The van der Waals surface area contributed by atoms with Crippen LogP contribution in [0.3, 0.4) is 0 Å². The largest absolute Gasteiger partial charge is 0.379 e. The number of unbranched alkanes of at least 4 members (excludes halogenated alkanes) is 3. The normalized spacial score (nSPS) is 14.8. The summed E-state index contributed by atoms with van der Waals surface area (Å²) in [6, 6.07) is 15.5. The van der Waals surface area contributed by atoms with E-state index in [1.165, 1.54) is 6.42 Å². The lowest BCUT2D eigenvalue weighted by Crippen LogP contribution is -2.43. The summed E-state index contributed by atoms with van der Waals surface area (Å²) in [5.41, 5.74) is 1.18. The maximum absolute atomic E-state index is 13.4. The van der Waals surface area contributed by atoms with Crippen LogP contribution in [0.1, 0.15) is 48.5 Å². The summed E-state index contributed by atoms with van der Waals surface area (Å²) in [5, 5.41) is 0. The van der Waals surface area contributed by atoms with Crippen molar-refractivity contribution in [1.82, 2.24) is 9.80 Å². The molecule has 0 saturated carbocycles. The van der Waals surface area contributed by atoms with Crippen LogP contribution in [-0.4, -0.2) is 70.1 Å². The van der Waals surface area contributed by atoms with E-state index in [0.717, 1.165) is 58.7 Å². The molecule has 1 heterocycles. The van der Waals surface area contributed by atoms with Crippen LogP contribution in [0.4, 0.5) is 0 Å². The Kier molecular flexibility index (Phi) is 9.91. The number of sulfone groups is 1. The maximum atomic E-state index is 13.4. The van der Waals surface area contributed by atoms with Gasteiger partial charge in [0, 0.05) is 38.3 Å². The van der Waals surface area contributed by atoms with Gasteiger partial charge in [0.15, 0.2) is 9.84 Å². The molecule has 6 nitrogen and oxygen atoms in total. The van der Waals surface area contributed by atoms with Gasteiger partial charge in [-0.1, -0.05) is 56.5 Å². The van der Waals surface area contributed by atoms with Gasteiger partial charge in [-0.25, -0.2) is 8.42 Å². The minimum atomic E-state index is -3.46. The van der Waals surface area contributed by atoms with Crippen LogP contribution in [0.2, 0.25) is 0 Å². The number of morpholine rings is 1. The van der Waals surface area contributed by atoms with Gasteiger partial charge in [0.2, 0.25) is 0 Å². The predicted molar refractivity (Wildman–Crippen MR) is 131 cm³/mol. The van der Waals surface area contributed by atoms with E-state index in [1.807, 2.05) is 4.90 Å². The molecule has 0 bridgehead atoms. The molecule has 1 fully saturated rings. The summed E-state index contributed by atoms with van der Waals surface area (Å²) in [4.78, 5) is 18.0. The first-order chi connectivity index (χ1) is 16.0. The first-order valence-electron chi connectivity index (χ1n) is 12.0. The summed E-state index contributed by atoms with van der Waals surface area (Å²) >= 11 is 0. The Morgan fingerprint density at radius 2 is 1.73 bits per heavy atom. The highest BCUT2D eigenvalue weighted by Gasteiger charge is 2.20. The number of amides is 1. The number of ether oxygens (including phenoxy) is 1. The minimum Gasteiger partial charge on any atom is -0.379 e. The molecule has 1 saturated heterocycles. The first-order valence-corrected chi connectivity index (χ1v) is 13.6. The van der Waals surface area contributed by atoms with Gasteiger partial charge < -0.3 is 9.64 Å². The number of nitrogens with zero attached hydrogens (tertiary/aromatic N) is 2. The fourth-order valence-corrected chi connectivity index (χ4v) is 5.40. The van der Waals surface area contributed by atoms with E-state index in [9.17, 15) is 13.2 Å². The lowest BCUT2D eigenvalue weighted by Gasteiger charge is -2.30. The summed E-state index contributed by atoms with van der Waals surface area (Å²) in [5.74, 6) is -0.152. The second-order valence-electron chi connectivity index (χ2n) is 8.58. The van der Waals surface area contributed by atoms with Crippen LogP contribution < -0.4 is 0 Å². The van der Waals surface area contributed by atoms with Gasteiger partial charge in [-0.3, -0.25) is 9.69 Å². The molecule has 0 unspecified atom stereocenters. The first kappa shape index (κ1) is 25.4. The molecule has 1 amide bonds. The summed E-state index contributed by atoms with van der Waals surface area (Å²) < 4.78 is 31.0. The highest BCUT2D eigenvalue weighted by Crippen LogP contribution is 2.18. The van der Waals surface area contributed by atoms with Crippen molar-refractivity contribution in [3.63, 3.8) is 0 Å². The van der Waals surface area contributed by atoms with Crippen LogP contribution in [0, 0.1) is 0 Å². The highest BCUT2D eigenvalue weighted by atomic mass is 32.2. The third kappa shape index (κ3) is 7.95. The molecule has 3 rings (SSSR count). The van der Waals surface area contributed by atoms with Crippen molar-refractivity contribution in [3.05, 3.63) is 65.7 Å². The monoisotopic (exact) mass is 472 g/mol. The van der Waals surface area contributed by atoms with Crippen LogP contribution in [0.5, 0.6) is 0 Å². The standard InChI is InChI=1S/C26H36N2O4S/c1-2-3-4-8-14-28(16-15-27-17-19-32-20-18-27)26(29)24-11-9-10-23(21-24)22-33(30,31)25-12-6-5-7-13-25/h5-7,9-13,21H,2-4,8,14-20,22H2,1H3. The van der Waals surface area contributed by atoms with Gasteiger partial charge in [-0.05, 0) is 36.2 Å². The fraction of sp³-hybridized carbons (Fsp3) is 0.500. The summed E-state index contributed by atoms with van der Waals surface area (Å²) in [6.45, 7) is 7.65. The van der Waals surface area contributed by atoms with E-state index in [-0.39, 0.29) is 11.7 Å².